The molecule has 108 valence electrons. The van der Waals surface area contributed by atoms with E-state index >= 15 is 0 Å². The number of hydrogen-bond acceptors (Lipinski definition) is 3. The third kappa shape index (κ3) is 2.57. The summed E-state index contributed by atoms with van der Waals surface area (Å²) < 4.78 is 0. The van der Waals surface area contributed by atoms with Crippen LogP contribution in [0.5, 0.6) is 11.5 Å². The summed E-state index contributed by atoms with van der Waals surface area (Å²) in [7, 11) is 0. The summed E-state index contributed by atoms with van der Waals surface area (Å²) >= 11 is 0. The fourth-order valence-electron chi connectivity index (χ4n) is 2.69. The lowest BCUT2D eigenvalue weighted by atomic mass is 9.98. The molecule has 1 aliphatic heterocycles. The van der Waals surface area contributed by atoms with Crippen molar-refractivity contribution in [1.82, 2.24) is 4.90 Å². The minimum absolute atomic E-state index is 0.0490. The first-order valence-corrected chi connectivity index (χ1v) is 6.94. The van der Waals surface area contributed by atoms with Crippen molar-refractivity contribution in [3.05, 3.63) is 58.7 Å². The molecule has 2 N–H and O–H groups in total. The molecule has 4 heteroatoms. The van der Waals surface area contributed by atoms with Gasteiger partial charge < -0.3 is 15.1 Å². The lowest BCUT2D eigenvalue weighted by molar-refractivity contribution is 0.0734. The van der Waals surface area contributed by atoms with E-state index in [4.69, 9.17) is 0 Å². The maximum absolute atomic E-state index is 12.5. The van der Waals surface area contributed by atoms with Crippen molar-refractivity contribution in [2.45, 2.75) is 19.9 Å². The van der Waals surface area contributed by atoms with Crippen LogP contribution in [0.4, 0.5) is 0 Å². The Balaban J connectivity index is 1.85. The Kier molecular flexibility index (Phi) is 3.29. The van der Waals surface area contributed by atoms with E-state index in [0.29, 0.717) is 24.2 Å². The molecule has 2 aromatic carbocycles. The number of fused-ring (bicyclic) bond motifs is 1. The quantitative estimate of drug-likeness (QED) is 0.845. The normalized spacial score (nSPS) is 13.9. The highest BCUT2D eigenvalue weighted by Gasteiger charge is 2.22. The van der Waals surface area contributed by atoms with Crippen molar-refractivity contribution in [2.75, 3.05) is 6.54 Å². The third-order valence-electron chi connectivity index (χ3n) is 3.93. The van der Waals surface area contributed by atoms with Gasteiger partial charge in [0.25, 0.3) is 5.91 Å². The number of benzene rings is 2. The molecule has 0 aromatic heterocycles. The van der Waals surface area contributed by atoms with Crippen LogP contribution in [0.25, 0.3) is 0 Å². The first-order valence-electron chi connectivity index (χ1n) is 6.94. The molecule has 3 rings (SSSR count). The molecule has 0 fully saturated rings. The topological polar surface area (TPSA) is 60.8 Å². The first kappa shape index (κ1) is 13.5. The summed E-state index contributed by atoms with van der Waals surface area (Å²) in [4.78, 5) is 14.3. The van der Waals surface area contributed by atoms with Crippen LogP contribution < -0.4 is 0 Å². The van der Waals surface area contributed by atoms with Gasteiger partial charge in [0, 0.05) is 18.7 Å². The average molecular weight is 283 g/mol. The van der Waals surface area contributed by atoms with Crippen LogP contribution in [0.15, 0.2) is 36.4 Å². The highest BCUT2D eigenvalue weighted by Crippen LogP contribution is 2.25. The van der Waals surface area contributed by atoms with Gasteiger partial charge in [-0.1, -0.05) is 6.07 Å². The molecule has 0 spiro atoms. The van der Waals surface area contributed by atoms with E-state index in [9.17, 15) is 15.0 Å². The van der Waals surface area contributed by atoms with Gasteiger partial charge in [0.15, 0.2) is 0 Å². The summed E-state index contributed by atoms with van der Waals surface area (Å²) in [5, 5.41) is 19.1. The zero-order chi connectivity index (χ0) is 15.0. The maximum atomic E-state index is 12.5. The largest absolute Gasteiger partial charge is 0.508 e. The molecule has 0 bridgehead atoms. The Labute approximate surface area is 123 Å². The highest BCUT2D eigenvalue weighted by atomic mass is 16.3. The molecular weight excluding hydrogens is 266 g/mol. The zero-order valence-electron chi connectivity index (χ0n) is 11.8. The summed E-state index contributed by atoms with van der Waals surface area (Å²) in [6.45, 7) is 2.94. The number of aryl methyl sites for hydroxylation is 1. The van der Waals surface area contributed by atoms with Crippen LogP contribution in [-0.4, -0.2) is 27.6 Å². The number of phenolic OH excluding ortho intramolecular Hbond substituents is 2. The number of amides is 1. The molecule has 0 aliphatic carbocycles. The molecule has 4 nitrogen and oxygen atoms in total. The van der Waals surface area contributed by atoms with Crippen molar-refractivity contribution in [3.63, 3.8) is 0 Å². The smallest absolute Gasteiger partial charge is 0.254 e. The Morgan fingerprint density at radius 3 is 2.67 bits per heavy atom. The van der Waals surface area contributed by atoms with E-state index in [1.165, 1.54) is 5.56 Å². The van der Waals surface area contributed by atoms with E-state index in [-0.39, 0.29) is 17.4 Å². The molecule has 2 aromatic rings. The van der Waals surface area contributed by atoms with Gasteiger partial charge in [0.2, 0.25) is 0 Å². The van der Waals surface area contributed by atoms with Crippen molar-refractivity contribution < 1.29 is 15.0 Å². The van der Waals surface area contributed by atoms with Crippen LogP contribution in [0, 0.1) is 6.92 Å². The highest BCUT2D eigenvalue weighted by molar-refractivity contribution is 5.94. The molecule has 1 amide bonds. The number of phenols is 2. The molecule has 0 unspecified atom stereocenters. The van der Waals surface area contributed by atoms with Crippen molar-refractivity contribution in [2.24, 2.45) is 0 Å². The number of carbonyl (C=O) groups is 1. The van der Waals surface area contributed by atoms with E-state index in [0.717, 1.165) is 12.0 Å². The standard InChI is InChI=1S/C17H17NO3/c1-11-8-13(3-5-16(11)20)17(21)18-7-6-12-2-4-15(19)9-14(12)10-18/h2-5,8-9,19-20H,6-7,10H2,1H3. The third-order valence-corrected chi connectivity index (χ3v) is 3.93. The summed E-state index contributed by atoms with van der Waals surface area (Å²) in [5.74, 6) is 0.371. The van der Waals surface area contributed by atoms with Gasteiger partial charge >= 0.3 is 0 Å². The Morgan fingerprint density at radius 1 is 1.10 bits per heavy atom. The number of aromatic hydroxyl groups is 2. The van der Waals surface area contributed by atoms with Crippen LogP contribution in [-0.2, 0) is 13.0 Å². The molecular formula is C17H17NO3. The van der Waals surface area contributed by atoms with Crippen LogP contribution >= 0.6 is 0 Å². The molecule has 0 atom stereocenters. The molecule has 1 heterocycles. The zero-order valence-corrected chi connectivity index (χ0v) is 11.8. The van der Waals surface area contributed by atoms with Gasteiger partial charge in [-0.15, -0.1) is 0 Å². The first-order chi connectivity index (χ1) is 10.0. The molecule has 0 radical (unpaired) electrons. The predicted octanol–water partition coefficient (Wildman–Crippen LogP) is 2.60. The molecule has 0 saturated carbocycles. The van der Waals surface area contributed by atoms with Gasteiger partial charge in [-0.05, 0) is 60.4 Å². The monoisotopic (exact) mass is 283 g/mol. The maximum Gasteiger partial charge on any atom is 0.254 e. The predicted molar refractivity (Wildman–Crippen MR) is 79.4 cm³/mol. The fraction of sp³-hybridized carbons (Fsp3) is 0.235. The van der Waals surface area contributed by atoms with E-state index in [1.807, 2.05) is 6.07 Å². The van der Waals surface area contributed by atoms with Crippen molar-refractivity contribution in [1.29, 1.82) is 0 Å². The number of carbonyl (C=O) groups excluding carboxylic acids is 1. The summed E-state index contributed by atoms with van der Waals surface area (Å²) in [5.41, 5.74) is 3.44. The minimum atomic E-state index is -0.0490. The lowest BCUT2D eigenvalue weighted by Gasteiger charge is -2.29. The second kappa shape index (κ2) is 5.13. The Hall–Kier alpha value is -2.49. The van der Waals surface area contributed by atoms with Gasteiger partial charge in [-0.3, -0.25) is 4.79 Å². The molecule has 0 saturated heterocycles. The van der Waals surface area contributed by atoms with Gasteiger partial charge in [0.05, 0.1) is 0 Å². The number of nitrogens with zero attached hydrogens (tertiary/aromatic N) is 1. The second-order valence-electron chi connectivity index (χ2n) is 5.43. The van der Waals surface area contributed by atoms with Crippen LogP contribution in [0.2, 0.25) is 0 Å². The van der Waals surface area contributed by atoms with Crippen LogP contribution in [0.1, 0.15) is 27.0 Å². The van der Waals surface area contributed by atoms with E-state index in [1.54, 1.807) is 42.2 Å². The molecule has 1 aliphatic rings. The summed E-state index contributed by atoms with van der Waals surface area (Å²) in [6, 6.07) is 10.2. The second-order valence-corrected chi connectivity index (χ2v) is 5.43. The average Bonchev–Trinajstić information content (AvgIpc) is 2.48. The van der Waals surface area contributed by atoms with E-state index in [2.05, 4.69) is 0 Å². The van der Waals surface area contributed by atoms with Crippen molar-refractivity contribution in [3.8, 4) is 11.5 Å². The minimum Gasteiger partial charge on any atom is -0.508 e. The SMILES string of the molecule is Cc1cc(C(=O)N2CCc3ccc(O)cc3C2)ccc1O. The fourth-order valence-corrected chi connectivity index (χ4v) is 2.69. The number of hydrogen-bond donors (Lipinski definition) is 2. The molecule has 21 heavy (non-hydrogen) atoms. The van der Waals surface area contributed by atoms with Crippen LogP contribution in [0.3, 0.4) is 0 Å². The van der Waals surface area contributed by atoms with Crippen molar-refractivity contribution >= 4 is 5.91 Å². The number of rotatable bonds is 1. The Bertz CT molecular complexity index is 709. The van der Waals surface area contributed by atoms with E-state index < -0.39 is 0 Å². The van der Waals surface area contributed by atoms with Gasteiger partial charge in [-0.2, -0.15) is 0 Å². The lowest BCUT2D eigenvalue weighted by Crippen LogP contribution is -2.35. The Morgan fingerprint density at radius 2 is 1.90 bits per heavy atom. The van der Waals surface area contributed by atoms with Gasteiger partial charge in [-0.25, -0.2) is 0 Å². The van der Waals surface area contributed by atoms with Gasteiger partial charge in [0.1, 0.15) is 11.5 Å². The summed E-state index contributed by atoms with van der Waals surface area (Å²) in [6.07, 6.45) is 0.790.